The lowest BCUT2D eigenvalue weighted by atomic mass is 10.00. The van der Waals surface area contributed by atoms with Gasteiger partial charge in [-0.1, -0.05) is 0 Å². The van der Waals surface area contributed by atoms with E-state index in [2.05, 4.69) is 0 Å². The van der Waals surface area contributed by atoms with Crippen LogP contribution in [0.4, 0.5) is 15.8 Å². The highest BCUT2D eigenvalue weighted by molar-refractivity contribution is 5.53. The first-order valence-electron chi connectivity index (χ1n) is 6.43. The molecule has 0 amide bonds. The van der Waals surface area contributed by atoms with Gasteiger partial charge in [0.25, 0.3) is 5.69 Å². The molecule has 1 heterocycles. The smallest absolute Gasteiger partial charge is 0.272 e. The topological polar surface area (TPSA) is 66.6 Å². The second kappa shape index (κ2) is 4.45. The third-order valence-electron chi connectivity index (χ3n) is 4.30. The number of nitro groups is 1. The monoisotopic (exact) mass is 266 g/mol. The van der Waals surface area contributed by atoms with Crippen LogP contribution in [-0.4, -0.2) is 29.2 Å². The third-order valence-corrected chi connectivity index (χ3v) is 4.30. The Morgan fingerprint density at radius 1 is 1.37 bits per heavy atom. The maximum Gasteiger partial charge on any atom is 0.272 e. The average molecular weight is 266 g/mol. The lowest BCUT2D eigenvalue weighted by Gasteiger charge is -2.20. The Morgan fingerprint density at radius 2 is 2.16 bits per heavy atom. The molecule has 1 aromatic carbocycles. The van der Waals surface area contributed by atoms with Crippen LogP contribution in [0.3, 0.4) is 0 Å². The molecule has 1 N–H and O–H groups in total. The van der Waals surface area contributed by atoms with Gasteiger partial charge >= 0.3 is 0 Å². The van der Waals surface area contributed by atoms with Gasteiger partial charge in [0.15, 0.2) is 5.82 Å². The Hall–Kier alpha value is -1.69. The minimum Gasteiger partial charge on any atom is -0.393 e. The standard InChI is InChI=1S/C13H15FN2O3/c14-11-5-9(16(18)19)2-3-12(11)15-6-8-1-4-13(17)10(8)7-15/h2-3,5,8,10,13,17H,1,4,6-7H2. The third kappa shape index (κ3) is 2.06. The van der Waals surface area contributed by atoms with E-state index in [0.29, 0.717) is 18.2 Å². The summed E-state index contributed by atoms with van der Waals surface area (Å²) in [5.41, 5.74) is 0.160. The first-order valence-corrected chi connectivity index (χ1v) is 6.43. The SMILES string of the molecule is O=[N+]([O-])c1ccc(N2CC3CCC(O)C3C2)c(F)c1. The van der Waals surface area contributed by atoms with Crippen molar-refractivity contribution in [1.82, 2.24) is 0 Å². The molecule has 2 aliphatic rings. The summed E-state index contributed by atoms with van der Waals surface area (Å²) >= 11 is 0. The number of hydrogen-bond acceptors (Lipinski definition) is 4. The quantitative estimate of drug-likeness (QED) is 0.656. The second-order valence-electron chi connectivity index (χ2n) is 5.37. The molecule has 3 unspecified atom stereocenters. The normalized spacial score (nSPS) is 29.6. The fourth-order valence-corrected chi connectivity index (χ4v) is 3.30. The molecule has 0 bridgehead atoms. The van der Waals surface area contributed by atoms with Crippen LogP contribution >= 0.6 is 0 Å². The van der Waals surface area contributed by atoms with Crippen LogP contribution in [0.2, 0.25) is 0 Å². The zero-order valence-electron chi connectivity index (χ0n) is 10.3. The van der Waals surface area contributed by atoms with Crippen LogP contribution in [0.5, 0.6) is 0 Å². The highest BCUT2D eigenvalue weighted by Crippen LogP contribution is 2.40. The summed E-state index contributed by atoms with van der Waals surface area (Å²) in [6, 6.07) is 3.74. The van der Waals surface area contributed by atoms with Crippen LogP contribution in [0.1, 0.15) is 12.8 Å². The van der Waals surface area contributed by atoms with Crippen molar-refractivity contribution >= 4 is 11.4 Å². The maximum atomic E-state index is 13.9. The molecular weight excluding hydrogens is 251 g/mol. The van der Waals surface area contributed by atoms with Gasteiger partial charge in [0, 0.05) is 25.1 Å². The summed E-state index contributed by atoms with van der Waals surface area (Å²) in [7, 11) is 0. The molecule has 1 aliphatic carbocycles. The fourth-order valence-electron chi connectivity index (χ4n) is 3.30. The Labute approximate surface area is 109 Å². The highest BCUT2D eigenvalue weighted by atomic mass is 19.1. The first-order chi connectivity index (χ1) is 9.06. The van der Waals surface area contributed by atoms with Gasteiger partial charge in [-0.05, 0) is 24.8 Å². The van der Waals surface area contributed by atoms with Crippen molar-refractivity contribution < 1.29 is 14.4 Å². The maximum absolute atomic E-state index is 13.9. The Balaban J connectivity index is 1.82. The van der Waals surface area contributed by atoms with E-state index in [1.165, 1.54) is 12.1 Å². The average Bonchev–Trinajstić information content (AvgIpc) is 2.92. The molecule has 3 atom stereocenters. The molecular formula is C13H15FN2O3. The largest absolute Gasteiger partial charge is 0.393 e. The molecule has 3 rings (SSSR count). The van der Waals surface area contributed by atoms with E-state index in [4.69, 9.17) is 0 Å². The van der Waals surface area contributed by atoms with Crippen LogP contribution in [-0.2, 0) is 0 Å². The van der Waals surface area contributed by atoms with Crippen LogP contribution in [0.15, 0.2) is 18.2 Å². The van der Waals surface area contributed by atoms with Gasteiger partial charge in [0.1, 0.15) is 0 Å². The number of aliphatic hydroxyl groups is 1. The van der Waals surface area contributed by atoms with Crippen molar-refractivity contribution in [2.75, 3.05) is 18.0 Å². The molecule has 1 saturated carbocycles. The predicted octanol–water partition coefficient (Wildman–Crippen LogP) is 1.94. The number of anilines is 1. The number of rotatable bonds is 2. The number of nitro benzene ring substituents is 1. The fraction of sp³-hybridized carbons (Fsp3) is 0.538. The van der Waals surface area contributed by atoms with Crippen LogP contribution < -0.4 is 4.90 Å². The predicted molar refractivity (Wildman–Crippen MR) is 67.5 cm³/mol. The van der Waals surface area contributed by atoms with E-state index in [1.54, 1.807) is 0 Å². The first kappa shape index (κ1) is 12.3. The summed E-state index contributed by atoms with van der Waals surface area (Å²) in [6.45, 7) is 1.34. The highest BCUT2D eigenvalue weighted by Gasteiger charge is 2.42. The molecule has 2 fully saturated rings. The summed E-state index contributed by atoms with van der Waals surface area (Å²) < 4.78 is 13.9. The Kier molecular flexibility index (Phi) is 2.89. The van der Waals surface area contributed by atoms with Crippen molar-refractivity contribution in [3.8, 4) is 0 Å². The molecule has 6 heteroatoms. The van der Waals surface area contributed by atoms with E-state index in [0.717, 1.165) is 25.5 Å². The number of hydrogen-bond donors (Lipinski definition) is 1. The second-order valence-corrected chi connectivity index (χ2v) is 5.37. The number of nitrogens with zero attached hydrogens (tertiary/aromatic N) is 2. The Morgan fingerprint density at radius 3 is 2.79 bits per heavy atom. The van der Waals surface area contributed by atoms with E-state index in [1.807, 2.05) is 4.90 Å². The minimum absolute atomic E-state index is 0.203. The van der Waals surface area contributed by atoms with Crippen molar-refractivity contribution in [1.29, 1.82) is 0 Å². The van der Waals surface area contributed by atoms with Crippen molar-refractivity contribution in [2.45, 2.75) is 18.9 Å². The van der Waals surface area contributed by atoms with Gasteiger partial charge in [0.05, 0.1) is 22.8 Å². The molecule has 19 heavy (non-hydrogen) atoms. The van der Waals surface area contributed by atoms with Gasteiger partial charge in [-0.15, -0.1) is 0 Å². The lowest BCUT2D eigenvalue weighted by molar-refractivity contribution is -0.385. The van der Waals surface area contributed by atoms with E-state index >= 15 is 0 Å². The number of non-ortho nitro benzene ring substituents is 1. The Bertz CT molecular complexity index is 523. The number of benzene rings is 1. The minimum atomic E-state index is -0.602. The molecule has 1 aliphatic heterocycles. The van der Waals surface area contributed by atoms with Gasteiger partial charge < -0.3 is 10.0 Å². The van der Waals surface area contributed by atoms with Crippen molar-refractivity contribution in [3.05, 3.63) is 34.1 Å². The molecule has 0 aromatic heterocycles. The van der Waals surface area contributed by atoms with Gasteiger partial charge in [-0.3, -0.25) is 10.1 Å². The van der Waals surface area contributed by atoms with Gasteiger partial charge in [-0.2, -0.15) is 0 Å². The molecule has 102 valence electrons. The molecule has 5 nitrogen and oxygen atoms in total. The zero-order valence-corrected chi connectivity index (χ0v) is 10.3. The summed E-state index contributed by atoms with van der Waals surface area (Å²) in [5, 5.41) is 20.4. The summed E-state index contributed by atoms with van der Waals surface area (Å²) in [5.74, 6) is 0.0443. The van der Waals surface area contributed by atoms with E-state index in [9.17, 15) is 19.6 Å². The number of halogens is 1. The molecule has 0 radical (unpaired) electrons. The number of aliphatic hydroxyl groups excluding tert-OH is 1. The lowest BCUT2D eigenvalue weighted by Crippen LogP contribution is -2.25. The van der Waals surface area contributed by atoms with E-state index in [-0.39, 0.29) is 17.7 Å². The zero-order chi connectivity index (χ0) is 13.6. The van der Waals surface area contributed by atoms with Gasteiger partial charge in [-0.25, -0.2) is 4.39 Å². The molecule has 0 spiro atoms. The van der Waals surface area contributed by atoms with Crippen molar-refractivity contribution in [2.24, 2.45) is 11.8 Å². The summed E-state index contributed by atoms with van der Waals surface area (Å²) in [4.78, 5) is 11.9. The van der Waals surface area contributed by atoms with Crippen LogP contribution in [0, 0.1) is 27.8 Å². The van der Waals surface area contributed by atoms with Gasteiger partial charge in [0.2, 0.25) is 0 Å². The van der Waals surface area contributed by atoms with E-state index < -0.39 is 10.7 Å². The number of fused-ring (bicyclic) bond motifs is 1. The molecule has 1 saturated heterocycles. The van der Waals surface area contributed by atoms with Crippen molar-refractivity contribution in [3.63, 3.8) is 0 Å². The summed E-state index contributed by atoms with van der Waals surface area (Å²) in [6.07, 6.45) is 1.50. The molecule has 1 aromatic rings. The van der Waals surface area contributed by atoms with Crippen LogP contribution in [0.25, 0.3) is 0 Å².